The maximum atomic E-state index is 13.6. The van der Waals surface area contributed by atoms with Crippen molar-refractivity contribution in [1.82, 2.24) is 0 Å². The molecule has 1 aromatic heterocycles. The summed E-state index contributed by atoms with van der Waals surface area (Å²) in [5.41, 5.74) is 4.54. The molecule has 40 heavy (non-hydrogen) atoms. The Balaban J connectivity index is 1.45. The van der Waals surface area contributed by atoms with E-state index in [1.54, 1.807) is 12.1 Å². The minimum atomic E-state index is -1.26. The summed E-state index contributed by atoms with van der Waals surface area (Å²) in [6.07, 6.45) is 6.00. The summed E-state index contributed by atoms with van der Waals surface area (Å²) in [7, 11) is 0. The number of hydrogen-bond acceptors (Lipinski definition) is 7. The molecule has 1 aromatic carbocycles. The van der Waals surface area contributed by atoms with Crippen LogP contribution in [0.3, 0.4) is 0 Å². The number of hydrogen-bond donors (Lipinski definition) is 1. The highest BCUT2D eigenvalue weighted by molar-refractivity contribution is 8.12. The zero-order chi connectivity index (χ0) is 29.0. The molecule has 3 aliphatic rings. The van der Waals surface area contributed by atoms with Crippen molar-refractivity contribution in [3.8, 4) is 11.8 Å². The molecule has 2 aromatic rings. The van der Waals surface area contributed by atoms with E-state index in [2.05, 4.69) is 45.2 Å². The molecule has 8 heteroatoms. The summed E-state index contributed by atoms with van der Waals surface area (Å²) in [6, 6.07) is 7.63. The van der Waals surface area contributed by atoms with Crippen LogP contribution in [-0.4, -0.2) is 30.1 Å². The number of rotatable bonds is 6. The van der Waals surface area contributed by atoms with Crippen molar-refractivity contribution in [1.29, 1.82) is 5.26 Å². The number of carbonyl (C=O) groups excluding carboxylic acids is 1. The number of aliphatic carboxylic acids is 1. The first-order valence-corrected chi connectivity index (χ1v) is 15.2. The second kappa shape index (κ2) is 10.3. The molecule has 0 saturated carbocycles. The van der Waals surface area contributed by atoms with E-state index in [4.69, 9.17) is 15.1 Å². The van der Waals surface area contributed by atoms with Gasteiger partial charge in [-0.1, -0.05) is 52.1 Å². The molecule has 0 spiro atoms. The largest absolute Gasteiger partial charge is 0.477 e. The molecule has 5 rings (SSSR count). The monoisotopic (exact) mass is 574 g/mol. The normalized spacial score (nSPS) is 21.1. The Labute approximate surface area is 244 Å². The molecule has 0 amide bonds. The van der Waals surface area contributed by atoms with Gasteiger partial charge in [0, 0.05) is 43.9 Å². The standard InChI is InChI=1S/C32H34N2O4S2/c1-7-24(39-18(2)25-9-8-21(40-25)14-20(17-33)29(35)36)22-15-19-16-23-27-26(28(19)38-30(22)37)32(5,6)11-13-34(27)12-10-31(23,3)4/h7-9,14,16,22H,2,10-13,15H2,1,3-6H3,(H,35,36)/b20-14+,24-7-/t22-/m0/s1. The molecule has 1 N–H and O–H groups in total. The highest BCUT2D eigenvalue weighted by atomic mass is 32.2. The van der Waals surface area contributed by atoms with E-state index >= 15 is 0 Å². The number of nitriles is 1. The Kier molecular flexibility index (Phi) is 7.26. The SMILES string of the molecule is C=C(S/C(=C\C)[C@@H]1Cc2cc3c4c(c2OC1=O)C(C)(C)CCN4CCC3(C)C)c1ccc(/C=C(\C#N)C(=O)O)s1. The molecule has 4 heterocycles. The van der Waals surface area contributed by atoms with Gasteiger partial charge in [-0.05, 0) is 72.4 Å². The highest BCUT2D eigenvalue weighted by Crippen LogP contribution is 2.55. The Bertz CT molecular complexity index is 1530. The van der Waals surface area contributed by atoms with Crippen LogP contribution in [0.1, 0.15) is 73.9 Å². The smallest absolute Gasteiger partial charge is 0.346 e. The van der Waals surface area contributed by atoms with Crippen LogP contribution in [-0.2, 0) is 26.8 Å². The minimum absolute atomic E-state index is 0.0455. The van der Waals surface area contributed by atoms with E-state index in [9.17, 15) is 9.59 Å². The molecule has 0 bridgehead atoms. The lowest BCUT2D eigenvalue weighted by Crippen LogP contribution is -2.45. The van der Waals surface area contributed by atoms with E-state index in [0.29, 0.717) is 11.3 Å². The van der Waals surface area contributed by atoms with Gasteiger partial charge in [-0.15, -0.1) is 11.3 Å². The number of carbonyl (C=O) groups is 2. The summed E-state index contributed by atoms with van der Waals surface area (Å²) < 4.78 is 6.23. The number of carboxylic acids is 1. The molecule has 208 valence electrons. The van der Waals surface area contributed by atoms with E-state index in [1.807, 2.05) is 19.1 Å². The first-order chi connectivity index (χ1) is 18.9. The third-order valence-corrected chi connectivity index (χ3v) is 10.8. The van der Waals surface area contributed by atoms with Gasteiger partial charge >= 0.3 is 11.9 Å². The van der Waals surface area contributed by atoms with E-state index in [1.165, 1.54) is 46.0 Å². The van der Waals surface area contributed by atoms with Crippen molar-refractivity contribution in [2.24, 2.45) is 5.92 Å². The van der Waals surface area contributed by atoms with Crippen molar-refractivity contribution >= 4 is 51.7 Å². The molecular weight excluding hydrogens is 540 g/mol. The summed E-state index contributed by atoms with van der Waals surface area (Å²) in [6.45, 7) is 17.4. The van der Waals surface area contributed by atoms with Crippen LogP contribution in [0, 0.1) is 17.2 Å². The number of esters is 1. The topological polar surface area (TPSA) is 90.6 Å². The number of carboxylic acid groups (broad SMARTS) is 1. The van der Waals surface area contributed by atoms with Crippen molar-refractivity contribution in [3.63, 3.8) is 0 Å². The molecule has 0 saturated heterocycles. The average Bonchev–Trinajstić information content (AvgIpc) is 3.37. The molecule has 0 unspecified atom stereocenters. The first kappa shape index (κ1) is 28.3. The number of thioether (sulfide) groups is 1. The van der Waals surface area contributed by atoms with Crippen molar-refractivity contribution in [2.45, 2.75) is 64.7 Å². The Hall–Kier alpha value is -3.28. The second-order valence-electron chi connectivity index (χ2n) is 12.0. The van der Waals surface area contributed by atoms with Crippen LogP contribution in [0.2, 0.25) is 0 Å². The Morgan fingerprint density at radius 3 is 2.60 bits per heavy atom. The van der Waals surface area contributed by atoms with Crippen LogP contribution >= 0.6 is 23.1 Å². The van der Waals surface area contributed by atoms with Crippen molar-refractivity contribution < 1.29 is 19.4 Å². The Morgan fingerprint density at radius 2 is 1.95 bits per heavy atom. The molecule has 6 nitrogen and oxygen atoms in total. The number of fused-ring (bicyclic) bond motifs is 2. The molecule has 3 aliphatic heterocycles. The number of ether oxygens (including phenoxy) is 1. The number of allylic oxidation sites excluding steroid dienone is 1. The lowest BCUT2D eigenvalue weighted by molar-refractivity contribution is -0.138. The van der Waals surface area contributed by atoms with Crippen LogP contribution in [0.25, 0.3) is 11.0 Å². The highest BCUT2D eigenvalue weighted by Gasteiger charge is 2.45. The first-order valence-electron chi connectivity index (χ1n) is 13.5. The molecular formula is C32H34N2O4S2. The van der Waals surface area contributed by atoms with Gasteiger partial charge in [0.2, 0.25) is 0 Å². The van der Waals surface area contributed by atoms with E-state index < -0.39 is 11.9 Å². The number of benzene rings is 1. The third kappa shape index (κ3) is 4.90. The van der Waals surface area contributed by atoms with Gasteiger partial charge in [0.05, 0.1) is 5.92 Å². The van der Waals surface area contributed by atoms with Gasteiger partial charge < -0.3 is 14.7 Å². The molecule has 0 radical (unpaired) electrons. The molecule has 0 fully saturated rings. The number of nitrogens with zero attached hydrogens (tertiary/aromatic N) is 2. The van der Waals surface area contributed by atoms with Crippen LogP contribution in [0.4, 0.5) is 5.69 Å². The fraction of sp³-hybridized carbons (Fsp3) is 0.406. The van der Waals surface area contributed by atoms with Crippen molar-refractivity contribution in [2.75, 3.05) is 18.0 Å². The maximum absolute atomic E-state index is 13.6. The fourth-order valence-corrected chi connectivity index (χ4v) is 7.91. The lowest BCUT2D eigenvalue weighted by Gasteiger charge is -2.49. The second-order valence-corrected chi connectivity index (χ2v) is 14.2. The van der Waals surface area contributed by atoms with Gasteiger partial charge in [-0.25, -0.2) is 4.79 Å². The van der Waals surface area contributed by atoms with Gasteiger partial charge in [-0.2, -0.15) is 5.26 Å². The van der Waals surface area contributed by atoms with Gasteiger partial charge in [0.1, 0.15) is 17.4 Å². The van der Waals surface area contributed by atoms with Crippen molar-refractivity contribution in [3.05, 3.63) is 67.8 Å². The fourth-order valence-electron chi connectivity index (χ4n) is 5.96. The number of anilines is 1. The third-order valence-electron chi connectivity index (χ3n) is 8.38. The van der Waals surface area contributed by atoms with Gasteiger partial charge in [0.15, 0.2) is 0 Å². The number of thiophene rings is 1. The summed E-state index contributed by atoms with van der Waals surface area (Å²) in [5.74, 6) is -1.17. The lowest BCUT2D eigenvalue weighted by atomic mass is 9.68. The van der Waals surface area contributed by atoms with E-state index in [0.717, 1.165) is 51.9 Å². The molecule has 1 atom stereocenters. The quantitative estimate of drug-likeness (QED) is 0.168. The van der Waals surface area contributed by atoms with E-state index in [-0.39, 0.29) is 22.4 Å². The predicted molar refractivity (Wildman–Crippen MR) is 163 cm³/mol. The summed E-state index contributed by atoms with van der Waals surface area (Å²) >= 11 is 2.80. The van der Waals surface area contributed by atoms with Crippen LogP contribution in [0.15, 0.2) is 41.3 Å². The summed E-state index contributed by atoms with van der Waals surface area (Å²) in [5, 5.41) is 18.2. The minimum Gasteiger partial charge on any atom is -0.477 e. The average molecular weight is 575 g/mol. The van der Waals surface area contributed by atoms with Gasteiger partial charge in [-0.3, -0.25) is 4.79 Å². The van der Waals surface area contributed by atoms with Crippen LogP contribution in [0.5, 0.6) is 5.75 Å². The Morgan fingerprint density at radius 1 is 1.25 bits per heavy atom. The predicted octanol–water partition coefficient (Wildman–Crippen LogP) is 7.29. The molecule has 0 aliphatic carbocycles. The van der Waals surface area contributed by atoms with Crippen LogP contribution < -0.4 is 9.64 Å². The summed E-state index contributed by atoms with van der Waals surface area (Å²) in [4.78, 5) is 30.4. The maximum Gasteiger partial charge on any atom is 0.346 e. The zero-order valence-electron chi connectivity index (χ0n) is 23.6. The van der Waals surface area contributed by atoms with Gasteiger partial charge in [0.25, 0.3) is 0 Å². The zero-order valence-corrected chi connectivity index (χ0v) is 25.2.